The van der Waals surface area contributed by atoms with Gasteiger partial charge < -0.3 is 10.0 Å². The molecule has 0 saturated carbocycles. The summed E-state index contributed by atoms with van der Waals surface area (Å²) in [6.07, 6.45) is 1.64. The highest BCUT2D eigenvalue weighted by atomic mass is 35.5. The Labute approximate surface area is 107 Å². The van der Waals surface area contributed by atoms with E-state index in [1.165, 1.54) is 6.07 Å². The van der Waals surface area contributed by atoms with Crippen molar-refractivity contribution in [1.82, 2.24) is 4.98 Å². The summed E-state index contributed by atoms with van der Waals surface area (Å²) in [5.41, 5.74) is -0.183. The van der Waals surface area contributed by atoms with Crippen molar-refractivity contribution in [2.45, 2.75) is 6.42 Å². The molecule has 7 nitrogen and oxygen atoms in total. The molecule has 1 atom stereocenters. The van der Waals surface area contributed by atoms with Crippen LogP contribution in [0.3, 0.4) is 0 Å². The van der Waals surface area contributed by atoms with Crippen molar-refractivity contribution in [3.05, 3.63) is 27.4 Å². The second-order valence-corrected chi connectivity index (χ2v) is 4.43. The number of rotatable bonds is 3. The molecule has 0 aliphatic carbocycles. The molecule has 1 saturated heterocycles. The fraction of sp³-hybridized carbons (Fsp3) is 0.400. The average molecular weight is 272 g/mol. The van der Waals surface area contributed by atoms with Gasteiger partial charge in [0.05, 0.1) is 15.9 Å². The van der Waals surface area contributed by atoms with Gasteiger partial charge in [0.2, 0.25) is 0 Å². The molecule has 8 heteroatoms. The van der Waals surface area contributed by atoms with Crippen molar-refractivity contribution >= 4 is 29.1 Å². The maximum absolute atomic E-state index is 10.8. The number of carboxylic acids is 1. The van der Waals surface area contributed by atoms with Gasteiger partial charge in [-0.2, -0.15) is 0 Å². The number of aliphatic carboxylic acids is 1. The van der Waals surface area contributed by atoms with E-state index >= 15 is 0 Å². The number of anilines is 1. The zero-order chi connectivity index (χ0) is 13.3. The molecule has 2 heterocycles. The quantitative estimate of drug-likeness (QED) is 0.662. The molecule has 0 aromatic carbocycles. The summed E-state index contributed by atoms with van der Waals surface area (Å²) in [7, 11) is 0. The second-order valence-electron chi connectivity index (χ2n) is 4.03. The molecule has 0 amide bonds. The number of carboxylic acid groups (broad SMARTS) is 1. The molecule has 1 N–H and O–H groups in total. The Morgan fingerprint density at radius 1 is 1.67 bits per heavy atom. The molecule has 1 aliphatic rings. The van der Waals surface area contributed by atoms with Gasteiger partial charge in [-0.25, -0.2) is 4.98 Å². The van der Waals surface area contributed by atoms with Crippen LogP contribution in [0.2, 0.25) is 5.02 Å². The largest absolute Gasteiger partial charge is 0.481 e. The maximum Gasteiger partial charge on any atom is 0.308 e. The van der Waals surface area contributed by atoms with Gasteiger partial charge in [0, 0.05) is 19.2 Å². The Kier molecular flexibility index (Phi) is 3.33. The zero-order valence-corrected chi connectivity index (χ0v) is 10.0. The zero-order valence-electron chi connectivity index (χ0n) is 9.24. The molecule has 1 aromatic rings. The first-order valence-electron chi connectivity index (χ1n) is 5.26. The van der Waals surface area contributed by atoms with Crippen LogP contribution < -0.4 is 4.90 Å². The van der Waals surface area contributed by atoms with E-state index in [9.17, 15) is 14.9 Å². The number of aromatic nitrogens is 1. The third kappa shape index (κ3) is 2.35. The van der Waals surface area contributed by atoms with Crippen molar-refractivity contribution in [2.24, 2.45) is 5.92 Å². The van der Waals surface area contributed by atoms with Gasteiger partial charge in [-0.3, -0.25) is 14.9 Å². The van der Waals surface area contributed by atoms with Crippen LogP contribution in [0.5, 0.6) is 0 Å². The summed E-state index contributed by atoms with van der Waals surface area (Å²) in [6, 6.07) is 1.22. The Balaban J connectivity index is 2.20. The predicted octanol–water partition coefficient (Wildman–Crippen LogP) is 1.55. The number of hydrogen-bond acceptors (Lipinski definition) is 5. The maximum atomic E-state index is 10.8. The average Bonchev–Trinajstić information content (AvgIpc) is 2.78. The van der Waals surface area contributed by atoms with Crippen LogP contribution in [0, 0.1) is 16.0 Å². The minimum absolute atomic E-state index is 0.162. The number of nitrogens with zero attached hydrogens (tertiary/aromatic N) is 3. The number of pyridine rings is 1. The molecule has 1 fully saturated rings. The number of carbonyl (C=O) groups is 1. The first kappa shape index (κ1) is 12.6. The number of nitro groups is 1. The SMILES string of the molecule is O=C(O)C1CCN(c2ncc([N+](=O)[O-])cc2Cl)C1. The highest BCUT2D eigenvalue weighted by molar-refractivity contribution is 6.33. The van der Waals surface area contributed by atoms with Gasteiger partial charge in [-0.1, -0.05) is 11.6 Å². The van der Waals surface area contributed by atoms with Crippen molar-refractivity contribution in [2.75, 3.05) is 18.0 Å². The minimum Gasteiger partial charge on any atom is -0.481 e. The minimum atomic E-state index is -0.851. The number of hydrogen-bond donors (Lipinski definition) is 1. The van der Waals surface area contributed by atoms with E-state index < -0.39 is 16.8 Å². The van der Waals surface area contributed by atoms with Gasteiger partial charge in [-0.05, 0) is 6.42 Å². The molecule has 1 aliphatic heterocycles. The molecule has 18 heavy (non-hydrogen) atoms. The highest BCUT2D eigenvalue weighted by Crippen LogP contribution is 2.30. The van der Waals surface area contributed by atoms with E-state index in [4.69, 9.17) is 16.7 Å². The third-order valence-electron chi connectivity index (χ3n) is 2.86. The van der Waals surface area contributed by atoms with Crippen LogP contribution in [-0.4, -0.2) is 34.1 Å². The Morgan fingerprint density at radius 2 is 2.39 bits per heavy atom. The lowest BCUT2D eigenvalue weighted by Crippen LogP contribution is -2.23. The molecule has 96 valence electrons. The summed E-state index contributed by atoms with van der Waals surface area (Å²) in [4.78, 5) is 26.5. The van der Waals surface area contributed by atoms with Crippen molar-refractivity contribution in [3.63, 3.8) is 0 Å². The fourth-order valence-electron chi connectivity index (χ4n) is 1.91. The Morgan fingerprint density at radius 3 is 2.89 bits per heavy atom. The molecule has 0 radical (unpaired) electrons. The molecule has 1 aromatic heterocycles. The molecule has 0 bridgehead atoms. The first-order chi connectivity index (χ1) is 8.49. The summed E-state index contributed by atoms with van der Waals surface area (Å²) in [5, 5.41) is 19.6. The smallest absolute Gasteiger partial charge is 0.308 e. The normalized spacial score (nSPS) is 18.9. The van der Waals surface area contributed by atoms with Crippen molar-refractivity contribution < 1.29 is 14.8 Å². The van der Waals surface area contributed by atoms with Crippen LogP contribution in [-0.2, 0) is 4.79 Å². The highest BCUT2D eigenvalue weighted by Gasteiger charge is 2.30. The standard InChI is InChI=1S/C10H10ClN3O4/c11-8-3-7(14(17)18)4-12-9(8)13-2-1-6(5-13)10(15)16/h3-4,6H,1-2,5H2,(H,15,16). The fourth-order valence-corrected chi connectivity index (χ4v) is 2.19. The third-order valence-corrected chi connectivity index (χ3v) is 3.13. The van der Waals surface area contributed by atoms with Gasteiger partial charge in [-0.15, -0.1) is 0 Å². The van der Waals surface area contributed by atoms with Gasteiger partial charge in [0.25, 0.3) is 5.69 Å². The summed E-state index contributed by atoms with van der Waals surface area (Å²) in [6.45, 7) is 0.849. The topological polar surface area (TPSA) is 96.6 Å². The van der Waals surface area contributed by atoms with Gasteiger partial charge >= 0.3 is 5.97 Å². The second kappa shape index (κ2) is 4.77. The summed E-state index contributed by atoms with van der Waals surface area (Å²) >= 11 is 5.92. The lowest BCUT2D eigenvalue weighted by atomic mass is 10.1. The molecule has 1 unspecified atom stereocenters. The molecular weight excluding hydrogens is 262 g/mol. The van der Waals surface area contributed by atoms with Crippen LogP contribution in [0.4, 0.5) is 11.5 Å². The van der Waals surface area contributed by atoms with E-state index in [-0.39, 0.29) is 10.7 Å². The van der Waals surface area contributed by atoms with E-state index in [1.807, 2.05) is 0 Å². The first-order valence-corrected chi connectivity index (χ1v) is 5.64. The number of halogens is 1. The lowest BCUT2D eigenvalue weighted by Gasteiger charge is -2.17. The summed E-state index contributed by atoms with van der Waals surface area (Å²) < 4.78 is 0. The van der Waals surface area contributed by atoms with Gasteiger partial charge in [0.15, 0.2) is 0 Å². The summed E-state index contributed by atoms with van der Waals surface area (Å²) in [5.74, 6) is -0.903. The van der Waals surface area contributed by atoms with Crippen LogP contribution in [0.15, 0.2) is 12.3 Å². The Hall–Kier alpha value is -1.89. The van der Waals surface area contributed by atoms with E-state index in [0.717, 1.165) is 6.20 Å². The van der Waals surface area contributed by atoms with E-state index in [0.29, 0.717) is 25.3 Å². The van der Waals surface area contributed by atoms with E-state index in [1.54, 1.807) is 4.90 Å². The van der Waals surface area contributed by atoms with Crippen molar-refractivity contribution in [1.29, 1.82) is 0 Å². The van der Waals surface area contributed by atoms with E-state index in [2.05, 4.69) is 4.98 Å². The van der Waals surface area contributed by atoms with Gasteiger partial charge in [0.1, 0.15) is 12.0 Å². The lowest BCUT2D eigenvalue weighted by molar-refractivity contribution is -0.385. The molecular formula is C10H10ClN3O4. The monoisotopic (exact) mass is 271 g/mol. The molecule has 0 spiro atoms. The van der Waals surface area contributed by atoms with Crippen LogP contribution >= 0.6 is 11.6 Å². The predicted molar refractivity (Wildman–Crippen MR) is 63.9 cm³/mol. The molecule has 2 rings (SSSR count). The van der Waals surface area contributed by atoms with Crippen molar-refractivity contribution in [3.8, 4) is 0 Å². The Bertz CT molecular complexity index is 508. The van der Waals surface area contributed by atoms with Crippen LogP contribution in [0.1, 0.15) is 6.42 Å². The van der Waals surface area contributed by atoms with Crippen LogP contribution in [0.25, 0.3) is 0 Å².